The van der Waals surface area contributed by atoms with Crippen LogP contribution in [0, 0.1) is 5.82 Å². The number of anilines is 1. The molecule has 0 spiro atoms. The second kappa shape index (κ2) is 7.71. The maximum Gasteiger partial charge on any atom is 0.224 e. The highest BCUT2D eigenvalue weighted by Gasteiger charge is 2.11. The van der Waals surface area contributed by atoms with E-state index in [9.17, 15) is 17.6 Å². The average molecular weight is 388 g/mol. The number of hydrogen-bond donors (Lipinski definition) is 1. The Hall–Kier alpha value is -3.00. The van der Waals surface area contributed by atoms with Gasteiger partial charge in [-0.05, 0) is 48.5 Å². The zero-order valence-electron chi connectivity index (χ0n) is 14.5. The van der Waals surface area contributed by atoms with Crippen molar-refractivity contribution < 1.29 is 22.0 Å². The van der Waals surface area contributed by atoms with Crippen molar-refractivity contribution in [3.8, 4) is 11.3 Å². The molecule has 140 valence electrons. The molecule has 0 fully saturated rings. The van der Waals surface area contributed by atoms with Crippen molar-refractivity contribution in [2.75, 3.05) is 11.6 Å². The number of carbonyl (C=O) groups is 1. The number of sulfone groups is 1. The summed E-state index contributed by atoms with van der Waals surface area (Å²) in [5, 5.41) is 2.69. The summed E-state index contributed by atoms with van der Waals surface area (Å²) in [7, 11) is -3.27. The van der Waals surface area contributed by atoms with Gasteiger partial charge in [0.15, 0.2) is 21.5 Å². The molecule has 6 nitrogen and oxygen atoms in total. The number of nitrogens with one attached hydrogen (secondary N) is 1. The third-order valence-corrected chi connectivity index (χ3v) is 4.94. The van der Waals surface area contributed by atoms with E-state index < -0.39 is 9.84 Å². The van der Waals surface area contributed by atoms with E-state index in [2.05, 4.69) is 10.3 Å². The maximum absolute atomic E-state index is 13.0. The number of hydrogen-bond acceptors (Lipinski definition) is 5. The summed E-state index contributed by atoms with van der Waals surface area (Å²) < 4.78 is 41.4. The van der Waals surface area contributed by atoms with E-state index in [1.165, 1.54) is 42.6 Å². The van der Waals surface area contributed by atoms with Crippen LogP contribution in [0.3, 0.4) is 0 Å². The standard InChI is InChI=1S/C19H17FN2O4S/c1-27(24,25)16-8-6-15(7-9-16)22-18(23)10-11-19-21-12-17(26-19)13-2-4-14(20)5-3-13/h2-9,12H,10-11H2,1H3,(H,22,23). The summed E-state index contributed by atoms with van der Waals surface area (Å²) in [5.41, 5.74) is 1.21. The van der Waals surface area contributed by atoms with Crippen molar-refractivity contribution >= 4 is 21.4 Å². The molecule has 0 saturated carbocycles. The lowest BCUT2D eigenvalue weighted by Gasteiger charge is -2.05. The topological polar surface area (TPSA) is 89.3 Å². The van der Waals surface area contributed by atoms with Gasteiger partial charge in [0.2, 0.25) is 5.91 Å². The largest absolute Gasteiger partial charge is 0.441 e. The van der Waals surface area contributed by atoms with E-state index in [1.54, 1.807) is 12.1 Å². The minimum absolute atomic E-state index is 0.150. The molecule has 0 aliphatic rings. The number of oxazole rings is 1. The fraction of sp³-hybridized carbons (Fsp3) is 0.158. The van der Waals surface area contributed by atoms with Gasteiger partial charge in [-0.3, -0.25) is 4.79 Å². The summed E-state index contributed by atoms with van der Waals surface area (Å²) >= 11 is 0. The molecule has 3 aromatic rings. The number of benzene rings is 2. The van der Waals surface area contributed by atoms with Crippen molar-refractivity contribution in [3.63, 3.8) is 0 Å². The molecule has 27 heavy (non-hydrogen) atoms. The van der Waals surface area contributed by atoms with Crippen molar-refractivity contribution in [3.05, 3.63) is 66.4 Å². The average Bonchev–Trinajstić information content (AvgIpc) is 3.09. The van der Waals surface area contributed by atoms with Crippen molar-refractivity contribution in [1.82, 2.24) is 4.98 Å². The van der Waals surface area contributed by atoms with Crippen LogP contribution in [-0.2, 0) is 21.1 Å². The van der Waals surface area contributed by atoms with Crippen molar-refractivity contribution in [1.29, 1.82) is 0 Å². The van der Waals surface area contributed by atoms with Gasteiger partial charge in [-0.2, -0.15) is 0 Å². The van der Waals surface area contributed by atoms with Crippen LogP contribution in [0.25, 0.3) is 11.3 Å². The Labute approximate surface area is 156 Å². The highest BCUT2D eigenvalue weighted by Crippen LogP contribution is 2.21. The molecule has 0 aliphatic carbocycles. The minimum Gasteiger partial charge on any atom is -0.441 e. The van der Waals surface area contributed by atoms with E-state index in [-0.39, 0.29) is 23.0 Å². The van der Waals surface area contributed by atoms with E-state index >= 15 is 0 Å². The van der Waals surface area contributed by atoms with Crippen LogP contribution in [0.15, 0.2) is 64.0 Å². The molecule has 0 radical (unpaired) electrons. The number of aromatic nitrogens is 1. The lowest BCUT2D eigenvalue weighted by atomic mass is 10.2. The van der Waals surface area contributed by atoms with Crippen LogP contribution < -0.4 is 5.32 Å². The first kappa shape index (κ1) is 18.8. The minimum atomic E-state index is -3.27. The van der Waals surface area contributed by atoms with Gasteiger partial charge < -0.3 is 9.73 Å². The number of carbonyl (C=O) groups excluding carboxylic acids is 1. The van der Waals surface area contributed by atoms with E-state index in [0.29, 0.717) is 29.3 Å². The van der Waals surface area contributed by atoms with Gasteiger partial charge in [-0.15, -0.1) is 0 Å². The molecule has 1 aromatic heterocycles. The van der Waals surface area contributed by atoms with Gasteiger partial charge in [0.05, 0.1) is 11.1 Å². The number of halogens is 1. The molecule has 0 aliphatic heterocycles. The first-order chi connectivity index (χ1) is 12.8. The smallest absolute Gasteiger partial charge is 0.224 e. The number of aryl methyl sites for hydroxylation is 1. The molecule has 2 aromatic carbocycles. The Kier molecular flexibility index (Phi) is 5.36. The molecule has 0 unspecified atom stereocenters. The Morgan fingerprint density at radius 3 is 2.41 bits per heavy atom. The summed E-state index contributed by atoms with van der Waals surface area (Å²) in [5.74, 6) is 0.321. The predicted molar refractivity (Wildman–Crippen MR) is 98.4 cm³/mol. The first-order valence-corrected chi connectivity index (χ1v) is 10.0. The quantitative estimate of drug-likeness (QED) is 0.699. The van der Waals surface area contributed by atoms with Crippen LogP contribution >= 0.6 is 0 Å². The maximum atomic E-state index is 13.0. The van der Waals surface area contributed by atoms with Gasteiger partial charge in [0, 0.05) is 30.3 Å². The monoisotopic (exact) mass is 388 g/mol. The Morgan fingerprint density at radius 2 is 1.78 bits per heavy atom. The lowest BCUT2D eigenvalue weighted by Crippen LogP contribution is -2.12. The highest BCUT2D eigenvalue weighted by molar-refractivity contribution is 7.90. The third kappa shape index (κ3) is 5.01. The van der Waals surface area contributed by atoms with Gasteiger partial charge in [0.1, 0.15) is 5.82 Å². The second-order valence-electron chi connectivity index (χ2n) is 5.97. The zero-order valence-corrected chi connectivity index (χ0v) is 15.3. The molecule has 0 saturated heterocycles. The molecule has 1 N–H and O–H groups in total. The molecule has 1 amide bonds. The predicted octanol–water partition coefficient (Wildman–Crippen LogP) is 3.46. The van der Waals surface area contributed by atoms with Crippen LogP contribution in [0.5, 0.6) is 0 Å². The van der Waals surface area contributed by atoms with Crippen LogP contribution in [-0.4, -0.2) is 25.6 Å². The Bertz CT molecular complexity index is 1040. The highest BCUT2D eigenvalue weighted by atomic mass is 32.2. The van der Waals surface area contributed by atoms with Crippen molar-refractivity contribution in [2.24, 2.45) is 0 Å². The normalized spacial score (nSPS) is 11.3. The molecule has 0 atom stereocenters. The fourth-order valence-electron chi connectivity index (χ4n) is 2.40. The molecular formula is C19H17FN2O4S. The SMILES string of the molecule is CS(=O)(=O)c1ccc(NC(=O)CCc2ncc(-c3ccc(F)cc3)o2)cc1. The zero-order chi connectivity index (χ0) is 19.4. The summed E-state index contributed by atoms with van der Waals surface area (Å²) in [6, 6.07) is 11.8. The summed E-state index contributed by atoms with van der Waals surface area (Å²) in [6.07, 6.45) is 3.10. The molecule has 8 heteroatoms. The van der Waals surface area contributed by atoms with E-state index in [1.807, 2.05) is 0 Å². The van der Waals surface area contributed by atoms with Gasteiger partial charge in [-0.1, -0.05) is 0 Å². The van der Waals surface area contributed by atoms with Crippen LogP contribution in [0.4, 0.5) is 10.1 Å². The first-order valence-electron chi connectivity index (χ1n) is 8.12. The van der Waals surface area contributed by atoms with Crippen LogP contribution in [0.2, 0.25) is 0 Å². The second-order valence-corrected chi connectivity index (χ2v) is 7.99. The molecule has 3 rings (SSSR count). The number of amides is 1. The Morgan fingerprint density at radius 1 is 1.11 bits per heavy atom. The van der Waals surface area contributed by atoms with Gasteiger partial charge in [0.25, 0.3) is 0 Å². The number of nitrogens with zero attached hydrogens (tertiary/aromatic N) is 1. The van der Waals surface area contributed by atoms with Crippen molar-refractivity contribution in [2.45, 2.75) is 17.7 Å². The van der Waals surface area contributed by atoms with E-state index in [0.717, 1.165) is 6.26 Å². The summed E-state index contributed by atoms with van der Waals surface area (Å²) in [4.78, 5) is 16.4. The van der Waals surface area contributed by atoms with Crippen LogP contribution in [0.1, 0.15) is 12.3 Å². The lowest BCUT2D eigenvalue weighted by molar-refractivity contribution is -0.116. The molecular weight excluding hydrogens is 371 g/mol. The summed E-state index contributed by atoms with van der Waals surface area (Å²) in [6.45, 7) is 0. The fourth-order valence-corrected chi connectivity index (χ4v) is 3.03. The van der Waals surface area contributed by atoms with Gasteiger partial charge >= 0.3 is 0 Å². The molecule has 1 heterocycles. The van der Waals surface area contributed by atoms with E-state index in [4.69, 9.17) is 4.42 Å². The third-order valence-electron chi connectivity index (χ3n) is 3.81. The Balaban J connectivity index is 1.56. The molecule has 0 bridgehead atoms. The number of rotatable bonds is 6. The van der Waals surface area contributed by atoms with Gasteiger partial charge in [-0.25, -0.2) is 17.8 Å².